The molecule has 0 spiro atoms. The number of carbonyl (C=O) groups excluding carboxylic acids is 3. The fourth-order valence-corrected chi connectivity index (χ4v) is 3.94. The fraction of sp³-hybridized carbons (Fsp3) is 0.423. The van der Waals surface area contributed by atoms with E-state index in [2.05, 4.69) is 36.6 Å². The van der Waals surface area contributed by atoms with Crippen LogP contribution in [0.3, 0.4) is 0 Å². The second-order valence-corrected chi connectivity index (χ2v) is 9.21. The maximum absolute atomic E-state index is 13.2. The number of ether oxygens (including phenoxy) is 1. The maximum Gasteiger partial charge on any atom is 0.251 e. The van der Waals surface area contributed by atoms with Gasteiger partial charge in [-0.25, -0.2) is 0 Å². The molecule has 170 valence electrons. The van der Waals surface area contributed by atoms with Crippen LogP contribution in [0.25, 0.3) is 0 Å². The number of ketones is 1. The van der Waals surface area contributed by atoms with Crippen molar-refractivity contribution in [1.29, 1.82) is 0 Å². The first kappa shape index (κ1) is 23.7. The van der Waals surface area contributed by atoms with Crippen molar-refractivity contribution in [2.45, 2.75) is 58.2 Å². The van der Waals surface area contributed by atoms with E-state index in [1.54, 1.807) is 31.2 Å². The van der Waals surface area contributed by atoms with Crippen LogP contribution in [-0.2, 0) is 20.7 Å². The molecule has 1 fully saturated rings. The highest BCUT2D eigenvalue weighted by Gasteiger charge is 2.37. The third kappa shape index (κ3) is 6.50. The van der Waals surface area contributed by atoms with Gasteiger partial charge >= 0.3 is 0 Å². The van der Waals surface area contributed by atoms with E-state index in [0.717, 1.165) is 12.8 Å². The Labute approximate surface area is 189 Å². The molecule has 6 heteroatoms. The van der Waals surface area contributed by atoms with Crippen LogP contribution in [0.2, 0.25) is 0 Å². The Morgan fingerprint density at radius 1 is 1.06 bits per heavy atom. The number of amides is 2. The van der Waals surface area contributed by atoms with E-state index in [0.29, 0.717) is 12.0 Å². The third-order valence-corrected chi connectivity index (χ3v) is 5.95. The topological polar surface area (TPSA) is 84.5 Å². The second-order valence-electron chi connectivity index (χ2n) is 9.21. The molecule has 0 unspecified atom stereocenters. The highest BCUT2D eigenvalue weighted by atomic mass is 16.5. The summed E-state index contributed by atoms with van der Waals surface area (Å²) >= 11 is 0. The van der Waals surface area contributed by atoms with Crippen LogP contribution in [0, 0.1) is 5.41 Å². The van der Waals surface area contributed by atoms with E-state index in [-0.39, 0.29) is 35.7 Å². The van der Waals surface area contributed by atoms with E-state index in [4.69, 9.17) is 4.74 Å². The Balaban J connectivity index is 1.71. The van der Waals surface area contributed by atoms with E-state index in [1.165, 1.54) is 5.56 Å². The van der Waals surface area contributed by atoms with Gasteiger partial charge in [0, 0.05) is 5.56 Å². The quantitative estimate of drug-likeness (QED) is 0.632. The van der Waals surface area contributed by atoms with Crippen molar-refractivity contribution < 1.29 is 19.1 Å². The summed E-state index contributed by atoms with van der Waals surface area (Å²) in [5, 5.41) is 5.69. The fourth-order valence-electron chi connectivity index (χ4n) is 3.94. The average molecular weight is 437 g/mol. The lowest BCUT2D eigenvalue weighted by molar-refractivity contribution is -0.128. The summed E-state index contributed by atoms with van der Waals surface area (Å²) in [5.74, 6) is -0.827. The van der Waals surface area contributed by atoms with Crippen LogP contribution < -0.4 is 10.6 Å². The van der Waals surface area contributed by atoms with Crippen LogP contribution >= 0.6 is 0 Å². The number of aryl methyl sites for hydroxylation is 1. The largest absolute Gasteiger partial charge is 0.368 e. The molecule has 2 aromatic carbocycles. The molecular weight excluding hydrogens is 404 g/mol. The number of rotatable bonds is 9. The number of Topliss-reactive ketones (excluding diaryl/α,β-unsaturated/α-hetero) is 1. The summed E-state index contributed by atoms with van der Waals surface area (Å²) in [6.07, 6.45) is 1.79. The molecule has 1 heterocycles. The molecule has 1 saturated heterocycles. The van der Waals surface area contributed by atoms with Gasteiger partial charge in [0.05, 0.1) is 6.10 Å². The monoisotopic (exact) mass is 436 g/mol. The minimum atomic E-state index is -0.769. The standard InChI is InChI=1S/C26H32N2O4/c1-18-23(22(29)17-32-18)28-25(31)21(27-24(30)20-12-8-5-9-13-20)16-26(2,3)15-14-19-10-6-4-7-11-19/h4-13,18,21,23H,14-17H2,1-3H3,(H,27,30)(H,28,31)/t18-,21-,23-/m0/s1. The van der Waals surface area contributed by atoms with Gasteiger partial charge in [0.1, 0.15) is 18.7 Å². The van der Waals surface area contributed by atoms with Crippen molar-refractivity contribution in [2.24, 2.45) is 5.41 Å². The summed E-state index contributed by atoms with van der Waals surface area (Å²) in [4.78, 5) is 38.1. The molecule has 0 radical (unpaired) electrons. The Kier molecular flexibility index (Phi) is 7.80. The van der Waals surface area contributed by atoms with Crippen LogP contribution in [-0.4, -0.2) is 42.4 Å². The van der Waals surface area contributed by atoms with Gasteiger partial charge < -0.3 is 15.4 Å². The van der Waals surface area contributed by atoms with Crippen molar-refractivity contribution in [2.75, 3.05) is 6.61 Å². The number of carbonyl (C=O) groups is 3. The molecule has 1 aliphatic rings. The minimum absolute atomic E-state index is 0.00424. The predicted molar refractivity (Wildman–Crippen MR) is 123 cm³/mol. The molecule has 32 heavy (non-hydrogen) atoms. The summed E-state index contributed by atoms with van der Waals surface area (Å²) in [6, 6.07) is 17.6. The molecule has 0 aliphatic carbocycles. The minimum Gasteiger partial charge on any atom is -0.368 e. The van der Waals surface area contributed by atoms with Crippen LogP contribution in [0.1, 0.15) is 49.5 Å². The van der Waals surface area contributed by atoms with Crippen LogP contribution in [0.5, 0.6) is 0 Å². The average Bonchev–Trinajstić information content (AvgIpc) is 3.10. The van der Waals surface area contributed by atoms with Gasteiger partial charge in [0.15, 0.2) is 5.78 Å². The van der Waals surface area contributed by atoms with Crippen LogP contribution in [0.15, 0.2) is 60.7 Å². The Morgan fingerprint density at radius 2 is 1.69 bits per heavy atom. The summed E-state index contributed by atoms with van der Waals surface area (Å²) in [7, 11) is 0. The first-order chi connectivity index (χ1) is 15.2. The van der Waals surface area contributed by atoms with Crippen molar-refractivity contribution in [1.82, 2.24) is 10.6 Å². The van der Waals surface area contributed by atoms with E-state index >= 15 is 0 Å². The van der Waals surface area contributed by atoms with Crippen molar-refractivity contribution in [3.63, 3.8) is 0 Å². The molecule has 2 amide bonds. The molecule has 2 aromatic rings. The van der Waals surface area contributed by atoms with Crippen molar-refractivity contribution in [3.05, 3.63) is 71.8 Å². The van der Waals surface area contributed by atoms with Crippen molar-refractivity contribution >= 4 is 17.6 Å². The smallest absolute Gasteiger partial charge is 0.251 e. The lowest BCUT2D eigenvalue weighted by Gasteiger charge is -2.30. The predicted octanol–water partition coefficient (Wildman–Crippen LogP) is 3.31. The molecule has 1 aliphatic heterocycles. The summed E-state index contributed by atoms with van der Waals surface area (Å²) < 4.78 is 5.35. The molecule has 0 saturated carbocycles. The lowest BCUT2D eigenvalue weighted by atomic mass is 9.80. The number of hydrogen-bond donors (Lipinski definition) is 2. The Bertz CT molecular complexity index is 927. The van der Waals surface area contributed by atoms with Crippen LogP contribution in [0.4, 0.5) is 0 Å². The van der Waals surface area contributed by atoms with Gasteiger partial charge in [-0.05, 0) is 49.3 Å². The summed E-state index contributed by atoms with van der Waals surface area (Å²) in [5.41, 5.74) is 1.50. The van der Waals surface area contributed by atoms with Gasteiger partial charge in [-0.1, -0.05) is 62.4 Å². The lowest BCUT2D eigenvalue weighted by Crippen LogP contribution is -2.54. The van der Waals surface area contributed by atoms with Gasteiger partial charge in [-0.15, -0.1) is 0 Å². The van der Waals surface area contributed by atoms with E-state index in [9.17, 15) is 14.4 Å². The van der Waals surface area contributed by atoms with Gasteiger partial charge in [0.25, 0.3) is 5.91 Å². The highest BCUT2D eigenvalue weighted by Crippen LogP contribution is 2.29. The zero-order chi connectivity index (χ0) is 23.1. The van der Waals surface area contributed by atoms with Crippen molar-refractivity contribution in [3.8, 4) is 0 Å². The Hall–Kier alpha value is -2.99. The van der Waals surface area contributed by atoms with Gasteiger partial charge in [-0.3, -0.25) is 14.4 Å². The number of nitrogens with one attached hydrogen (secondary N) is 2. The Morgan fingerprint density at radius 3 is 2.28 bits per heavy atom. The zero-order valence-electron chi connectivity index (χ0n) is 19.0. The van der Waals surface area contributed by atoms with E-state index in [1.807, 2.05) is 24.3 Å². The molecule has 0 bridgehead atoms. The second kappa shape index (κ2) is 10.6. The first-order valence-corrected chi connectivity index (χ1v) is 11.1. The zero-order valence-corrected chi connectivity index (χ0v) is 19.0. The maximum atomic E-state index is 13.2. The number of hydrogen-bond acceptors (Lipinski definition) is 4. The molecule has 3 atom stereocenters. The summed E-state index contributed by atoms with van der Waals surface area (Å²) in [6.45, 7) is 5.95. The molecule has 3 rings (SSSR count). The molecular formula is C26H32N2O4. The SMILES string of the molecule is C[C@@H]1OCC(=O)[C@H]1NC(=O)[C@H](CC(C)(C)CCc1ccccc1)NC(=O)c1ccccc1. The van der Waals surface area contributed by atoms with E-state index < -0.39 is 12.1 Å². The van der Waals surface area contributed by atoms with Gasteiger partial charge in [-0.2, -0.15) is 0 Å². The molecule has 2 N–H and O–H groups in total. The normalized spacial score (nSPS) is 19.4. The number of benzene rings is 2. The van der Waals surface area contributed by atoms with Gasteiger partial charge in [0.2, 0.25) is 5.91 Å². The molecule has 0 aromatic heterocycles. The highest BCUT2D eigenvalue weighted by molar-refractivity contribution is 5.98. The molecule has 6 nitrogen and oxygen atoms in total. The first-order valence-electron chi connectivity index (χ1n) is 11.1. The third-order valence-electron chi connectivity index (χ3n) is 5.95.